The Labute approximate surface area is 117 Å². The highest BCUT2D eigenvalue weighted by Crippen LogP contribution is 2.26. The molecule has 5 heteroatoms. The van der Waals surface area contributed by atoms with Gasteiger partial charge in [-0.2, -0.15) is 0 Å². The molecule has 100 valence electrons. The molecule has 0 saturated carbocycles. The highest BCUT2D eigenvalue weighted by Gasteiger charge is 2.14. The van der Waals surface area contributed by atoms with Crippen LogP contribution in [0.3, 0.4) is 0 Å². The lowest BCUT2D eigenvalue weighted by Crippen LogP contribution is -2.06. The van der Waals surface area contributed by atoms with Crippen LogP contribution in [-0.2, 0) is 19.3 Å². The van der Waals surface area contributed by atoms with E-state index >= 15 is 0 Å². The van der Waals surface area contributed by atoms with Crippen LogP contribution in [0.15, 0.2) is 12.4 Å². The third kappa shape index (κ3) is 3.10. The number of thiazole rings is 1. The second-order valence-electron chi connectivity index (χ2n) is 4.91. The van der Waals surface area contributed by atoms with Crippen LogP contribution >= 0.6 is 11.3 Å². The van der Waals surface area contributed by atoms with Crippen molar-refractivity contribution in [2.24, 2.45) is 0 Å². The molecule has 0 unspecified atom stereocenters. The SMILES string of the molecule is Cc1cc(NCCc2nc3c(s2)CCCC3)ncn1. The summed E-state index contributed by atoms with van der Waals surface area (Å²) in [4.78, 5) is 14.5. The van der Waals surface area contributed by atoms with Crippen molar-refractivity contribution in [3.63, 3.8) is 0 Å². The van der Waals surface area contributed by atoms with Crippen LogP contribution in [0.5, 0.6) is 0 Å². The Kier molecular flexibility index (Phi) is 3.73. The fraction of sp³-hybridized carbons (Fsp3) is 0.500. The number of fused-ring (bicyclic) bond motifs is 1. The van der Waals surface area contributed by atoms with Crippen molar-refractivity contribution in [1.82, 2.24) is 15.0 Å². The van der Waals surface area contributed by atoms with Gasteiger partial charge in [0.1, 0.15) is 12.1 Å². The molecule has 0 radical (unpaired) electrons. The van der Waals surface area contributed by atoms with Crippen LogP contribution in [-0.4, -0.2) is 21.5 Å². The fourth-order valence-corrected chi connectivity index (χ4v) is 3.52. The number of nitrogens with zero attached hydrogens (tertiary/aromatic N) is 3. The van der Waals surface area contributed by atoms with Crippen LogP contribution in [0.2, 0.25) is 0 Å². The van der Waals surface area contributed by atoms with Crippen molar-refractivity contribution in [2.45, 2.75) is 39.0 Å². The van der Waals surface area contributed by atoms with E-state index in [1.54, 1.807) is 6.33 Å². The predicted octanol–water partition coefficient (Wildman–Crippen LogP) is 2.77. The van der Waals surface area contributed by atoms with Gasteiger partial charge in [0.15, 0.2) is 0 Å². The van der Waals surface area contributed by atoms with Crippen molar-refractivity contribution < 1.29 is 0 Å². The minimum absolute atomic E-state index is 0.878. The lowest BCUT2D eigenvalue weighted by atomic mass is 10.0. The number of aryl methyl sites for hydroxylation is 3. The van der Waals surface area contributed by atoms with Crippen LogP contribution in [0.25, 0.3) is 0 Å². The van der Waals surface area contributed by atoms with Gasteiger partial charge in [0.25, 0.3) is 0 Å². The Morgan fingerprint density at radius 1 is 1.26 bits per heavy atom. The first-order valence-electron chi connectivity index (χ1n) is 6.81. The summed E-state index contributed by atoms with van der Waals surface area (Å²) in [6, 6.07) is 1.97. The minimum atomic E-state index is 0.878. The number of nitrogens with one attached hydrogen (secondary N) is 1. The maximum absolute atomic E-state index is 4.75. The van der Waals surface area contributed by atoms with Gasteiger partial charge in [0.05, 0.1) is 10.7 Å². The molecule has 3 rings (SSSR count). The Morgan fingerprint density at radius 2 is 2.16 bits per heavy atom. The van der Waals surface area contributed by atoms with Crippen molar-refractivity contribution in [3.8, 4) is 0 Å². The zero-order valence-electron chi connectivity index (χ0n) is 11.1. The fourth-order valence-electron chi connectivity index (χ4n) is 2.36. The molecule has 0 bridgehead atoms. The van der Waals surface area contributed by atoms with Gasteiger partial charge in [-0.25, -0.2) is 15.0 Å². The molecule has 0 aromatic carbocycles. The third-order valence-corrected chi connectivity index (χ3v) is 4.56. The van der Waals surface area contributed by atoms with E-state index in [0.29, 0.717) is 0 Å². The van der Waals surface area contributed by atoms with E-state index in [1.165, 1.54) is 41.3 Å². The second kappa shape index (κ2) is 5.65. The van der Waals surface area contributed by atoms with Gasteiger partial charge in [-0.3, -0.25) is 0 Å². The summed E-state index contributed by atoms with van der Waals surface area (Å²) in [5, 5.41) is 4.58. The molecular weight excluding hydrogens is 256 g/mol. The van der Waals surface area contributed by atoms with Gasteiger partial charge in [0.2, 0.25) is 0 Å². The van der Waals surface area contributed by atoms with Gasteiger partial charge in [-0.05, 0) is 32.6 Å². The third-order valence-electron chi connectivity index (χ3n) is 3.34. The van der Waals surface area contributed by atoms with Gasteiger partial charge >= 0.3 is 0 Å². The molecule has 1 aliphatic rings. The van der Waals surface area contributed by atoms with E-state index in [4.69, 9.17) is 4.98 Å². The molecule has 0 spiro atoms. The van der Waals surface area contributed by atoms with Crippen LogP contribution in [0, 0.1) is 6.92 Å². The highest BCUT2D eigenvalue weighted by molar-refractivity contribution is 7.11. The quantitative estimate of drug-likeness (QED) is 0.931. The molecule has 4 nitrogen and oxygen atoms in total. The van der Waals surface area contributed by atoms with E-state index in [1.807, 2.05) is 24.3 Å². The molecule has 19 heavy (non-hydrogen) atoms. The average molecular weight is 274 g/mol. The van der Waals surface area contributed by atoms with Gasteiger partial charge in [-0.15, -0.1) is 11.3 Å². The first-order chi connectivity index (χ1) is 9.31. The summed E-state index contributed by atoms with van der Waals surface area (Å²) < 4.78 is 0. The first-order valence-corrected chi connectivity index (χ1v) is 7.63. The Balaban J connectivity index is 1.56. The molecule has 1 aliphatic carbocycles. The van der Waals surface area contributed by atoms with E-state index in [9.17, 15) is 0 Å². The van der Waals surface area contributed by atoms with Crippen molar-refractivity contribution in [2.75, 3.05) is 11.9 Å². The number of aromatic nitrogens is 3. The summed E-state index contributed by atoms with van der Waals surface area (Å²) in [6.07, 6.45) is 7.60. The number of anilines is 1. The molecule has 2 aromatic heterocycles. The normalized spacial score (nSPS) is 14.2. The zero-order valence-corrected chi connectivity index (χ0v) is 12.0. The molecular formula is C14H18N4S. The van der Waals surface area contributed by atoms with Crippen molar-refractivity contribution in [3.05, 3.63) is 33.7 Å². The van der Waals surface area contributed by atoms with Gasteiger partial charge < -0.3 is 5.32 Å². The molecule has 0 aliphatic heterocycles. The topological polar surface area (TPSA) is 50.7 Å². The highest BCUT2D eigenvalue weighted by atomic mass is 32.1. The standard InChI is InChI=1S/C14H18N4S/c1-10-8-13(17-9-16-10)15-7-6-14-18-11-4-2-3-5-12(11)19-14/h8-9H,2-7H2,1H3,(H,15,16,17). The van der Waals surface area contributed by atoms with E-state index in [-0.39, 0.29) is 0 Å². The molecule has 0 saturated heterocycles. The Morgan fingerprint density at radius 3 is 3.00 bits per heavy atom. The molecule has 1 N–H and O–H groups in total. The van der Waals surface area contributed by atoms with E-state index < -0.39 is 0 Å². The maximum Gasteiger partial charge on any atom is 0.129 e. The maximum atomic E-state index is 4.75. The molecule has 2 aromatic rings. The number of hydrogen-bond donors (Lipinski definition) is 1. The summed E-state index contributed by atoms with van der Waals surface area (Å²) in [7, 11) is 0. The molecule has 0 fully saturated rings. The lowest BCUT2D eigenvalue weighted by molar-refractivity contribution is 0.680. The second-order valence-corrected chi connectivity index (χ2v) is 6.07. The van der Waals surface area contributed by atoms with Crippen LogP contribution < -0.4 is 5.32 Å². The number of rotatable bonds is 4. The van der Waals surface area contributed by atoms with E-state index in [2.05, 4.69) is 15.3 Å². The smallest absolute Gasteiger partial charge is 0.129 e. The van der Waals surface area contributed by atoms with Gasteiger partial charge in [0, 0.05) is 29.6 Å². The molecule has 0 amide bonds. The van der Waals surface area contributed by atoms with Crippen LogP contribution in [0.4, 0.5) is 5.82 Å². The Hall–Kier alpha value is -1.49. The lowest BCUT2D eigenvalue weighted by Gasteiger charge is -2.06. The summed E-state index contributed by atoms with van der Waals surface area (Å²) in [5.41, 5.74) is 2.34. The average Bonchev–Trinajstić information content (AvgIpc) is 2.81. The summed E-state index contributed by atoms with van der Waals surface area (Å²) in [5.74, 6) is 0.897. The van der Waals surface area contributed by atoms with Crippen molar-refractivity contribution in [1.29, 1.82) is 0 Å². The van der Waals surface area contributed by atoms with E-state index in [0.717, 1.165) is 24.5 Å². The van der Waals surface area contributed by atoms with Gasteiger partial charge in [-0.1, -0.05) is 0 Å². The zero-order chi connectivity index (χ0) is 13.1. The molecule has 2 heterocycles. The largest absolute Gasteiger partial charge is 0.370 e. The Bertz CT molecular complexity index is 541. The molecule has 0 atom stereocenters. The number of hydrogen-bond acceptors (Lipinski definition) is 5. The summed E-state index contributed by atoms with van der Waals surface area (Å²) >= 11 is 1.89. The first kappa shape index (κ1) is 12.5. The van der Waals surface area contributed by atoms with Crippen LogP contribution in [0.1, 0.15) is 34.1 Å². The van der Waals surface area contributed by atoms with Crippen molar-refractivity contribution >= 4 is 17.2 Å². The summed E-state index contributed by atoms with van der Waals surface area (Å²) in [6.45, 7) is 2.85. The monoisotopic (exact) mass is 274 g/mol. The minimum Gasteiger partial charge on any atom is -0.370 e. The predicted molar refractivity (Wildman–Crippen MR) is 77.7 cm³/mol.